The van der Waals surface area contributed by atoms with Crippen molar-refractivity contribution in [2.75, 3.05) is 0 Å². The fourth-order valence-corrected chi connectivity index (χ4v) is 6.48. The molecule has 0 spiro atoms. The molecule has 0 aliphatic rings. The first-order chi connectivity index (χ1) is 7.23. The topological polar surface area (TPSA) is 26.3 Å². The minimum atomic E-state index is -5.08. The van der Waals surface area contributed by atoms with E-state index in [0.717, 1.165) is 0 Å². The summed E-state index contributed by atoms with van der Waals surface area (Å²) in [6.45, 7) is 0. The number of hydrogen-bond donors (Lipinski definition) is 0. The van der Waals surface area contributed by atoms with Gasteiger partial charge in [-0.15, -0.1) is 0 Å². The zero-order valence-electron chi connectivity index (χ0n) is 7.59. The Bertz CT molecular complexity index is 381. The third-order valence-corrected chi connectivity index (χ3v) is 9.66. The number of hydrogen-bond acceptors (Lipinski definition) is 2. The molecule has 0 saturated heterocycles. The van der Waals surface area contributed by atoms with Gasteiger partial charge in [0.2, 0.25) is 0 Å². The number of rotatable bonds is 2. The molecule has 16 heavy (non-hydrogen) atoms. The van der Waals surface area contributed by atoms with Gasteiger partial charge in [0.15, 0.2) is 0 Å². The molecule has 0 unspecified atom stereocenters. The average molecular weight is 380 g/mol. The Morgan fingerprint density at radius 2 is 1.69 bits per heavy atom. The summed E-state index contributed by atoms with van der Waals surface area (Å²) in [4.78, 5) is 10.6. The second-order valence-corrected chi connectivity index (χ2v) is 16.4. The van der Waals surface area contributed by atoms with Crippen LogP contribution in [0.3, 0.4) is 0 Å². The number of alkyl halides is 3. The molecule has 0 bridgehead atoms. The first kappa shape index (κ1) is 13.9. The van der Waals surface area contributed by atoms with Crippen molar-refractivity contribution in [1.82, 2.24) is 0 Å². The Labute approximate surface area is 101 Å². The summed E-state index contributed by atoms with van der Waals surface area (Å²) in [6.07, 6.45) is -5.08. The van der Waals surface area contributed by atoms with Crippen LogP contribution in [0.4, 0.5) is 13.2 Å². The van der Waals surface area contributed by atoms with Gasteiger partial charge in [0, 0.05) is 0 Å². The van der Waals surface area contributed by atoms with Crippen LogP contribution in [-0.2, 0) is 7.87 Å². The van der Waals surface area contributed by atoms with Crippen molar-refractivity contribution in [2.45, 2.75) is 6.18 Å². The van der Waals surface area contributed by atoms with Crippen LogP contribution in [0.15, 0.2) is 30.3 Å². The molecule has 0 fully saturated rings. The number of carbonyl (C=O) groups is 1. The van der Waals surface area contributed by atoms with Crippen molar-refractivity contribution in [3.63, 3.8) is 0 Å². The molecule has 0 amide bonds. The zero-order chi connectivity index (χ0) is 12.4. The Morgan fingerprint density at radius 1 is 1.19 bits per heavy atom. The fourth-order valence-electron chi connectivity index (χ4n) is 0.865. The fraction of sp³-hybridized carbons (Fsp3) is 0.125. The molecule has 0 atom stereocenters. The van der Waals surface area contributed by atoms with Gasteiger partial charge in [-0.1, -0.05) is 0 Å². The van der Waals surface area contributed by atoms with Crippen molar-refractivity contribution >= 4 is 43.9 Å². The Kier molecular flexibility index (Phi) is 4.36. The second kappa shape index (κ2) is 5.01. The Morgan fingerprint density at radius 3 is 2.12 bits per heavy atom. The molecule has 0 aromatic heterocycles. The average Bonchev–Trinajstić information content (AvgIpc) is 2.17. The predicted octanol–water partition coefficient (Wildman–Crippen LogP) is 2.42. The van der Waals surface area contributed by atoms with Crippen molar-refractivity contribution in [3.8, 4) is 0 Å². The molecule has 0 heterocycles. The van der Waals surface area contributed by atoms with E-state index in [1.165, 1.54) is 12.1 Å². The maximum atomic E-state index is 11.9. The molecular weight excluding hydrogens is 375 g/mol. The van der Waals surface area contributed by atoms with Crippen molar-refractivity contribution in [3.05, 3.63) is 30.3 Å². The van der Waals surface area contributed by atoms with E-state index < -0.39 is 28.7 Å². The molecule has 1 aromatic carbocycles. The van der Waals surface area contributed by atoms with E-state index in [0.29, 0.717) is 0 Å². The van der Waals surface area contributed by atoms with Crippen LogP contribution in [0.2, 0.25) is 0 Å². The summed E-state index contributed by atoms with van der Waals surface area (Å²) in [5.74, 6) is -2.35. The zero-order valence-corrected chi connectivity index (χ0v) is 12.0. The Hall–Kier alpha value is -0.141. The van der Waals surface area contributed by atoms with E-state index in [1.54, 1.807) is 18.2 Å². The van der Waals surface area contributed by atoms with E-state index in [-0.39, 0.29) is 3.58 Å². The summed E-state index contributed by atoms with van der Waals surface area (Å²) in [7, 11) is 11.4. The summed E-state index contributed by atoms with van der Waals surface area (Å²) in [5.41, 5.74) is 0. The summed E-state index contributed by atoms with van der Waals surface area (Å²) in [6, 6.07) is 7.60. The van der Waals surface area contributed by atoms with E-state index >= 15 is 0 Å². The van der Waals surface area contributed by atoms with Crippen molar-refractivity contribution < 1.29 is 21.0 Å². The quantitative estimate of drug-likeness (QED) is 0.738. The van der Waals surface area contributed by atoms with Crippen LogP contribution >= 0.6 is 17.8 Å². The number of carbonyl (C=O) groups excluding carboxylic acids is 1. The molecule has 1 aromatic rings. The van der Waals surface area contributed by atoms with Crippen LogP contribution in [0, 0.1) is 0 Å². The van der Waals surface area contributed by atoms with Gasteiger partial charge in [-0.3, -0.25) is 0 Å². The maximum absolute atomic E-state index is 11.9. The molecule has 2 nitrogen and oxygen atoms in total. The molecule has 0 saturated carbocycles. The SMILES string of the molecule is O=C([O][Sn]([Cl])([Cl])[c]1ccccc1)C(F)(F)F. The first-order valence-corrected chi connectivity index (χ1v) is 13.8. The van der Waals surface area contributed by atoms with E-state index in [2.05, 4.69) is 3.07 Å². The molecule has 88 valence electrons. The van der Waals surface area contributed by atoms with Gasteiger partial charge in [-0.2, -0.15) is 0 Å². The number of halogens is 5. The number of benzene rings is 1. The molecule has 0 aliphatic heterocycles. The molecule has 1 rings (SSSR count). The minimum absolute atomic E-state index is 0.248. The predicted molar refractivity (Wildman–Crippen MR) is 55.7 cm³/mol. The van der Waals surface area contributed by atoms with Crippen molar-refractivity contribution in [2.24, 2.45) is 0 Å². The molecule has 0 aliphatic carbocycles. The van der Waals surface area contributed by atoms with Crippen LogP contribution < -0.4 is 3.58 Å². The molecule has 8 heteroatoms. The van der Waals surface area contributed by atoms with Gasteiger partial charge in [0.25, 0.3) is 0 Å². The summed E-state index contributed by atoms with van der Waals surface area (Å²) < 4.78 is 40.2. The van der Waals surface area contributed by atoms with Crippen LogP contribution in [0.5, 0.6) is 0 Å². The standard InChI is InChI=1S/C6H5.C2HF3O2.2ClH.Sn/c1-2-4-6-5-3-1;3-2(4,5)1(6)7;;;/h1-5H;(H,6,7);2*1H;/q;;;;+3/p-3. The van der Waals surface area contributed by atoms with Gasteiger partial charge >= 0.3 is 101 Å². The van der Waals surface area contributed by atoms with Crippen LogP contribution in [0.25, 0.3) is 0 Å². The molecular formula is C8H5Cl2F3O2Sn. The van der Waals surface area contributed by atoms with E-state index in [9.17, 15) is 18.0 Å². The third kappa shape index (κ3) is 3.71. The first-order valence-electron chi connectivity index (χ1n) is 3.97. The third-order valence-electron chi connectivity index (χ3n) is 1.56. The van der Waals surface area contributed by atoms with Gasteiger partial charge < -0.3 is 0 Å². The normalized spacial score (nSPS) is 12.3. The van der Waals surface area contributed by atoms with Crippen LogP contribution in [-0.4, -0.2) is 28.7 Å². The van der Waals surface area contributed by atoms with E-state index in [1.807, 2.05) is 0 Å². The second-order valence-electron chi connectivity index (χ2n) is 2.77. The molecule has 0 radical (unpaired) electrons. The van der Waals surface area contributed by atoms with Gasteiger partial charge in [-0.25, -0.2) is 0 Å². The van der Waals surface area contributed by atoms with Gasteiger partial charge in [-0.05, 0) is 0 Å². The van der Waals surface area contributed by atoms with Crippen LogP contribution in [0.1, 0.15) is 0 Å². The summed E-state index contributed by atoms with van der Waals surface area (Å²) in [5, 5.41) is 0. The monoisotopic (exact) mass is 380 g/mol. The van der Waals surface area contributed by atoms with Gasteiger partial charge in [0.05, 0.1) is 0 Å². The summed E-state index contributed by atoms with van der Waals surface area (Å²) >= 11 is -4.66. The van der Waals surface area contributed by atoms with E-state index in [4.69, 9.17) is 17.8 Å². The van der Waals surface area contributed by atoms with Crippen molar-refractivity contribution in [1.29, 1.82) is 0 Å². The molecule has 0 N–H and O–H groups in total. The Balaban J connectivity index is 2.85. The van der Waals surface area contributed by atoms with Gasteiger partial charge in [0.1, 0.15) is 0 Å².